The fourth-order valence-electron chi connectivity index (χ4n) is 5.25. The number of benzene rings is 1. The minimum atomic E-state index is 0.230. The first-order chi connectivity index (χ1) is 11.6. The van der Waals surface area contributed by atoms with Gasteiger partial charge in [0.25, 0.3) is 0 Å². The Labute approximate surface area is 153 Å². The Hall–Kier alpha value is -1.35. The van der Waals surface area contributed by atoms with E-state index in [0.29, 0.717) is 17.9 Å². The summed E-state index contributed by atoms with van der Waals surface area (Å²) in [4.78, 5) is 12.6. The predicted molar refractivity (Wildman–Crippen MR) is 103 cm³/mol. The van der Waals surface area contributed by atoms with Crippen LogP contribution in [0.1, 0.15) is 52.0 Å². The molecular weight excluding hydrogens is 308 g/mol. The van der Waals surface area contributed by atoms with Gasteiger partial charge in [0.1, 0.15) is 6.54 Å². The Bertz CT molecular complexity index is 622. The highest BCUT2D eigenvalue weighted by molar-refractivity contribution is 5.76. The molecule has 0 saturated heterocycles. The van der Waals surface area contributed by atoms with E-state index in [-0.39, 0.29) is 11.3 Å². The van der Waals surface area contributed by atoms with Crippen LogP contribution in [-0.4, -0.2) is 37.1 Å². The fraction of sp³-hybridized carbons (Fsp3) is 0.682. The van der Waals surface area contributed by atoms with E-state index in [4.69, 9.17) is 0 Å². The van der Waals surface area contributed by atoms with Crippen LogP contribution in [0.5, 0.6) is 0 Å². The molecule has 3 rings (SSSR count). The molecule has 1 amide bonds. The standard InChI is InChI=1S/C22H34N2O/c1-21(2)18-11-13-22(21,3)19(15-18)23-20(25)12-14-24(4,5)16-17-9-7-6-8-10-17/h6-10,18-19H,11-16H2,1-5H3/p+1/t18-,19-,22+/m1/s1. The van der Waals surface area contributed by atoms with Gasteiger partial charge in [-0.25, -0.2) is 0 Å². The second-order valence-corrected chi connectivity index (χ2v) is 9.78. The van der Waals surface area contributed by atoms with Crippen molar-refractivity contribution >= 4 is 5.91 Å². The molecule has 1 aromatic carbocycles. The first-order valence-electron chi connectivity index (χ1n) is 9.79. The molecule has 2 aliphatic rings. The molecule has 25 heavy (non-hydrogen) atoms. The first kappa shape index (κ1) is 18.4. The third-order valence-electron chi connectivity index (χ3n) is 7.53. The predicted octanol–water partition coefficient (Wildman–Crippen LogP) is 3.98. The van der Waals surface area contributed by atoms with E-state index in [1.165, 1.54) is 18.4 Å². The van der Waals surface area contributed by atoms with Crippen molar-refractivity contribution in [1.29, 1.82) is 0 Å². The van der Waals surface area contributed by atoms with Crippen molar-refractivity contribution in [2.45, 2.75) is 59.0 Å². The topological polar surface area (TPSA) is 29.1 Å². The fourth-order valence-corrected chi connectivity index (χ4v) is 5.25. The highest BCUT2D eigenvalue weighted by Gasteiger charge is 2.61. The number of quaternary nitrogens is 1. The van der Waals surface area contributed by atoms with Crippen LogP contribution in [0.25, 0.3) is 0 Å². The number of carbonyl (C=O) groups excluding carboxylic acids is 1. The van der Waals surface area contributed by atoms with Gasteiger partial charge in [0.05, 0.1) is 27.1 Å². The zero-order valence-electron chi connectivity index (χ0n) is 16.6. The molecule has 3 nitrogen and oxygen atoms in total. The Kier molecular flexibility index (Phi) is 4.74. The molecule has 1 aromatic rings. The number of hydrogen-bond donors (Lipinski definition) is 1. The molecule has 0 aliphatic heterocycles. The van der Waals surface area contributed by atoms with E-state index in [9.17, 15) is 4.79 Å². The number of fused-ring (bicyclic) bond motifs is 2. The molecule has 0 heterocycles. The summed E-state index contributed by atoms with van der Waals surface area (Å²) in [6, 6.07) is 10.9. The zero-order valence-corrected chi connectivity index (χ0v) is 16.6. The molecule has 3 atom stereocenters. The molecule has 0 spiro atoms. The number of nitrogens with zero attached hydrogens (tertiary/aromatic N) is 1. The summed E-state index contributed by atoms with van der Waals surface area (Å²) in [5, 5.41) is 3.39. The van der Waals surface area contributed by atoms with E-state index < -0.39 is 0 Å². The largest absolute Gasteiger partial charge is 0.353 e. The van der Waals surface area contributed by atoms with Crippen molar-refractivity contribution in [2.75, 3.05) is 20.6 Å². The molecule has 138 valence electrons. The van der Waals surface area contributed by atoms with Crippen LogP contribution in [-0.2, 0) is 11.3 Å². The van der Waals surface area contributed by atoms with Crippen LogP contribution in [0, 0.1) is 16.7 Å². The van der Waals surface area contributed by atoms with Gasteiger partial charge >= 0.3 is 0 Å². The minimum Gasteiger partial charge on any atom is -0.353 e. The lowest BCUT2D eigenvalue weighted by atomic mass is 9.69. The summed E-state index contributed by atoms with van der Waals surface area (Å²) in [6.07, 6.45) is 4.36. The van der Waals surface area contributed by atoms with Crippen LogP contribution in [0.15, 0.2) is 30.3 Å². The Balaban J connectivity index is 1.52. The molecule has 0 unspecified atom stereocenters. The van der Waals surface area contributed by atoms with Gasteiger partial charge in [-0.15, -0.1) is 0 Å². The van der Waals surface area contributed by atoms with Crippen molar-refractivity contribution in [3.8, 4) is 0 Å². The highest BCUT2D eigenvalue weighted by atomic mass is 16.1. The molecular formula is C22H35N2O+. The lowest BCUT2D eigenvalue weighted by molar-refractivity contribution is -0.903. The highest BCUT2D eigenvalue weighted by Crippen LogP contribution is 2.65. The smallest absolute Gasteiger partial charge is 0.225 e. The van der Waals surface area contributed by atoms with Crippen LogP contribution in [0.3, 0.4) is 0 Å². The van der Waals surface area contributed by atoms with Crippen LogP contribution < -0.4 is 5.32 Å². The Morgan fingerprint density at radius 2 is 1.88 bits per heavy atom. The Morgan fingerprint density at radius 1 is 1.20 bits per heavy atom. The molecule has 0 aromatic heterocycles. The summed E-state index contributed by atoms with van der Waals surface area (Å²) in [5.41, 5.74) is 1.95. The van der Waals surface area contributed by atoms with Crippen molar-refractivity contribution in [3.05, 3.63) is 35.9 Å². The lowest BCUT2D eigenvalue weighted by Gasteiger charge is -2.39. The number of rotatable bonds is 6. The van der Waals surface area contributed by atoms with Crippen LogP contribution in [0.2, 0.25) is 0 Å². The minimum absolute atomic E-state index is 0.230. The third kappa shape index (κ3) is 3.48. The monoisotopic (exact) mass is 343 g/mol. The molecule has 1 N–H and O–H groups in total. The maximum absolute atomic E-state index is 12.6. The van der Waals surface area contributed by atoms with Gasteiger partial charge in [0.2, 0.25) is 5.91 Å². The average molecular weight is 344 g/mol. The average Bonchev–Trinajstić information content (AvgIpc) is 2.87. The van der Waals surface area contributed by atoms with Gasteiger partial charge in [-0.3, -0.25) is 4.79 Å². The summed E-state index contributed by atoms with van der Waals surface area (Å²) in [7, 11) is 4.42. The number of amides is 1. The van der Waals surface area contributed by atoms with Crippen molar-refractivity contribution in [2.24, 2.45) is 16.7 Å². The van der Waals surface area contributed by atoms with Crippen molar-refractivity contribution in [1.82, 2.24) is 5.32 Å². The van der Waals surface area contributed by atoms with Gasteiger partial charge in [0, 0.05) is 11.6 Å². The first-order valence-corrected chi connectivity index (χ1v) is 9.79. The van der Waals surface area contributed by atoms with Gasteiger partial charge in [-0.1, -0.05) is 51.1 Å². The molecule has 2 aliphatic carbocycles. The molecule has 3 heteroatoms. The van der Waals surface area contributed by atoms with E-state index in [0.717, 1.165) is 29.9 Å². The Morgan fingerprint density at radius 3 is 2.44 bits per heavy atom. The van der Waals surface area contributed by atoms with E-state index in [2.05, 4.69) is 64.4 Å². The quantitative estimate of drug-likeness (QED) is 0.778. The van der Waals surface area contributed by atoms with Crippen molar-refractivity contribution < 1.29 is 9.28 Å². The van der Waals surface area contributed by atoms with E-state index in [1.807, 2.05) is 6.07 Å². The van der Waals surface area contributed by atoms with Gasteiger partial charge in [-0.2, -0.15) is 0 Å². The van der Waals surface area contributed by atoms with E-state index in [1.54, 1.807) is 0 Å². The summed E-state index contributed by atoms with van der Waals surface area (Å²) < 4.78 is 0.841. The lowest BCUT2D eigenvalue weighted by Crippen LogP contribution is -2.48. The number of nitrogens with one attached hydrogen (secondary N) is 1. The molecule has 2 bridgehead atoms. The van der Waals surface area contributed by atoms with Crippen LogP contribution in [0.4, 0.5) is 0 Å². The zero-order chi connectivity index (χ0) is 18.3. The molecule has 0 radical (unpaired) electrons. The van der Waals surface area contributed by atoms with Crippen LogP contribution >= 0.6 is 0 Å². The third-order valence-corrected chi connectivity index (χ3v) is 7.53. The van der Waals surface area contributed by atoms with E-state index >= 15 is 0 Å². The maximum Gasteiger partial charge on any atom is 0.225 e. The molecule has 2 saturated carbocycles. The summed E-state index contributed by atoms with van der Waals surface area (Å²) in [6.45, 7) is 9.02. The second-order valence-electron chi connectivity index (χ2n) is 9.78. The number of hydrogen-bond acceptors (Lipinski definition) is 1. The maximum atomic E-state index is 12.6. The normalized spacial score (nSPS) is 30.4. The summed E-state index contributed by atoms with van der Waals surface area (Å²) >= 11 is 0. The number of carbonyl (C=O) groups is 1. The second kappa shape index (κ2) is 6.42. The van der Waals surface area contributed by atoms with Gasteiger partial charge in [0.15, 0.2) is 0 Å². The molecule has 2 fully saturated rings. The van der Waals surface area contributed by atoms with Gasteiger partial charge < -0.3 is 9.80 Å². The summed E-state index contributed by atoms with van der Waals surface area (Å²) in [5.74, 6) is 1.00. The van der Waals surface area contributed by atoms with Gasteiger partial charge in [-0.05, 0) is 36.0 Å². The SMILES string of the molecule is CC1(C)[C@@H]2CC[C@@]1(C)[C@H](NC(=O)CC[N+](C)(C)Cc1ccccc1)C2. The van der Waals surface area contributed by atoms with Crippen molar-refractivity contribution in [3.63, 3.8) is 0 Å².